The SMILES string of the molecule is C[C@@H]1CN(C(=O)COc2cccc(F)c2)C[C@@]1(O)C1CCC1. The van der Waals surface area contributed by atoms with Gasteiger partial charge in [-0.05, 0) is 30.9 Å². The fourth-order valence-corrected chi connectivity index (χ4v) is 3.44. The monoisotopic (exact) mass is 307 g/mol. The average Bonchev–Trinajstić information content (AvgIpc) is 2.70. The Hall–Kier alpha value is -1.62. The first-order valence-corrected chi connectivity index (χ1v) is 7.87. The fraction of sp³-hybridized carbons (Fsp3) is 0.588. The molecule has 5 heteroatoms. The van der Waals surface area contributed by atoms with Crippen LogP contribution in [0.2, 0.25) is 0 Å². The maximum atomic E-state index is 13.1. The summed E-state index contributed by atoms with van der Waals surface area (Å²) >= 11 is 0. The van der Waals surface area contributed by atoms with Gasteiger partial charge in [0.2, 0.25) is 0 Å². The summed E-state index contributed by atoms with van der Waals surface area (Å²) in [5, 5.41) is 10.8. The summed E-state index contributed by atoms with van der Waals surface area (Å²) in [7, 11) is 0. The van der Waals surface area contributed by atoms with Gasteiger partial charge in [0.05, 0.1) is 12.1 Å². The van der Waals surface area contributed by atoms with Crippen LogP contribution >= 0.6 is 0 Å². The van der Waals surface area contributed by atoms with Crippen molar-refractivity contribution in [3.8, 4) is 5.75 Å². The molecule has 1 N–H and O–H groups in total. The third-order valence-electron chi connectivity index (χ3n) is 5.11. The number of likely N-dealkylation sites (tertiary alicyclic amines) is 1. The highest BCUT2D eigenvalue weighted by atomic mass is 19.1. The standard InChI is InChI=1S/C17H22FNO3/c1-12-9-19(11-17(12,21)13-4-2-5-13)16(20)10-22-15-7-3-6-14(18)8-15/h3,6-8,12-13,21H,2,4-5,9-11H2,1H3/t12-,17+/m1/s1. The zero-order valence-corrected chi connectivity index (χ0v) is 12.8. The van der Waals surface area contributed by atoms with Gasteiger partial charge < -0.3 is 14.7 Å². The third kappa shape index (κ3) is 2.82. The molecule has 0 unspecified atom stereocenters. The Labute approximate surface area is 129 Å². The Morgan fingerprint density at radius 3 is 2.91 bits per heavy atom. The van der Waals surface area contributed by atoms with E-state index in [0.29, 0.717) is 24.8 Å². The molecule has 0 bridgehead atoms. The third-order valence-corrected chi connectivity index (χ3v) is 5.11. The van der Waals surface area contributed by atoms with Gasteiger partial charge >= 0.3 is 0 Å². The molecule has 1 saturated carbocycles. The molecule has 0 aromatic heterocycles. The number of carbonyl (C=O) groups is 1. The van der Waals surface area contributed by atoms with Crippen molar-refractivity contribution in [2.75, 3.05) is 19.7 Å². The molecule has 1 aliphatic heterocycles. The van der Waals surface area contributed by atoms with Crippen LogP contribution in [-0.2, 0) is 4.79 Å². The van der Waals surface area contributed by atoms with Crippen LogP contribution in [0.3, 0.4) is 0 Å². The molecule has 2 atom stereocenters. The van der Waals surface area contributed by atoms with Crippen molar-refractivity contribution in [1.29, 1.82) is 0 Å². The van der Waals surface area contributed by atoms with Crippen molar-refractivity contribution in [1.82, 2.24) is 4.90 Å². The Morgan fingerprint density at radius 1 is 1.50 bits per heavy atom. The zero-order valence-electron chi connectivity index (χ0n) is 12.8. The second-order valence-corrected chi connectivity index (χ2v) is 6.54. The number of benzene rings is 1. The zero-order chi connectivity index (χ0) is 15.7. The number of β-amino-alcohol motifs (C(OH)–C–C–N with tert-alkyl or cyclic N) is 1. The highest BCUT2D eigenvalue weighted by Crippen LogP contribution is 2.44. The number of rotatable bonds is 4. The van der Waals surface area contributed by atoms with Crippen LogP contribution in [0.15, 0.2) is 24.3 Å². The van der Waals surface area contributed by atoms with Gasteiger partial charge in [-0.1, -0.05) is 19.4 Å². The van der Waals surface area contributed by atoms with Crippen LogP contribution in [0.25, 0.3) is 0 Å². The van der Waals surface area contributed by atoms with Gasteiger partial charge in [-0.3, -0.25) is 4.79 Å². The Bertz CT molecular complexity index is 561. The molecule has 1 aliphatic carbocycles. The Morgan fingerprint density at radius 2 is 2.27 bits per heavy atom. The molecule has 120 valence electrons. The van der Waals surface area contributed by atoms with Crippen LogP contribution in [-0.4, -0.2) is 41.2 Å². The van der Waals surface area contributed by atoms with E-state index in [1.807, 2.05) is 6.92 Å². The number of nitrogens with zero attached hydrogens (tertiary/aromatic N) is 1. The van der Waals surface area contributed by atoms with E-state index in [0.717, 1.165) is 19.3 Å². The van der Waals surface area contributed by atoms with E-state index in [9.17, 15) is 14.3 Å². The molecule has 2 aliphatic rings. The van der Waals surface area contributed by atoms with Crippen LogP contribution in [0.4, 0.5) is 4.39 Å². The first-order valence-electron chi connectivity index (χ1n) is 7.87. The van der Waals surface area contributed by atoms with Gasteiger partial charge in [0, 0.05) is 18.5 Å². The van der Waals surface area contributed by atoms with Gasteiger partial charge in [0.25, 0.3) is 5.91 Å². The minimum atomic E-state index is -0.757. The smallest absolute Gasteiger partial charge is 0.260 e. The molecule has 1 amide bonds. The molecule has 1 saturated heterocycles. The van der Waals surface area contributed by atoms with Crippen molar-refractivity contribution in [2.24, 2.45) is 11.8 Å². The lowest BCUT2D eigenvalue weighted by Gasteiger charge is -2.41. The van der Waals surface area contributed by atoms with Crippen LogP contribution < -0.4 is 4.74 Å². The fourth-order valence-electron chi connectivity index (χ4n) is 3.44. The highest BCUT2D eigenvalue weighted by molar-refractivity contribution is 5.78. The van der Waals surface area contributed by atoms with E-state index in [2.05, 4.69) is 0 Å². The molecule has 4 nitrogen and oxygen atoms in total. The topological polar surface area (TPSA) is 49.8 Å². The summed E-state index contributed by atoms with van der Waals surface area (Å²) in [6, 6.07) is 5.75. The summed E-state index contributed by atoms with van der Waals surface area (Å²) in [5.74, 6) is 0.181. The van der Waals surface area contributed by atoms with E-state index in [1.54, 1.807) is 17.0 Å². The lowest BCUT2D eigenvalue weighted by Crippen LogP contribution is -2.48. The highest BCUT2D eigenvalue weighted by Gasteiger charge is 2.50. The number of amides is 1. The second kappa shape index (κ2) is 5.88. The number of hydrogen-bond donors (Lipinski definition) is 1. The normalized spacial score (nSPS) is 28.5. The van der Waals surface area contributed by atoms with E-state index < -0.39 is 5.60 Å². The van der Waals surface area contributed by atoms with Crippen molar-refractivity contribution in [2.45, 2.75) is 31.8 Å². The van der Waals surface area contributed by atoms with Crippen molar-refractivity contribution < 1.29 is 19.0 Å². The molecular formula is C17H22FNO3. The van der Waals surface area contributed by atoms with Gasteiger partial charge in [-0.2, -0.15) is 0 Å². The van der Waals surface area contributed by atoms with Crippen LogP contribution in [0.1, 0.15) is 26.2 Å². The number of aliphatic hydroxyl groups is 1. The minimum absolute atomic E-state index is 0.0796. The van der Waals surface area contributed by atoms with Gasteiger partial charge in [0.15, 0.2) is 6.61 Å². The molecular weight excluding hydrogens is 285 g/mol. The quantitative estimate of drug-likeness (QED) is 0.928. The number of hydrogen-bond acceptors (Lipinski definition) is 3. The average molecular weight is 307 g/mol. The van der Waals surface area contributed by atoms with Crippen molar-refractivity contribution in [3.05, 3.63) is 30.1 Å². The maximum Gasteiger partial charge on any atom is 0.260 e. The van der Waals surface area contributed by atoms with E-state index in [4.69, 9.17) is 4.74 Å². The van der Waals surface area contributed by atoms with E-state index in [-0.39, 0.29) is 24.2 Å². The molecule has 0 spiro atoms. The van der Waals surface area contributed by atoms with Crippen LogP contribution in [0, 0.1) is 17.7 Å². The Kier molecular flexibility index (Phi) is 4.08. The van der Waals surface area contributed by atoms with E-state index in [1.165, 1.54) is 12.1 Å². The van der Waals surface area contributed by atoms with Crippen molar-refractivity contribution >= 4 is 5.91 Å². The first-order chi connectivity index (χ1) is 10.5. The van der Waals surface area contributed by atoms with Crippen LogP contribution in [0.5, 0.6) is 5.75 Å². The van der Waals surface area contributed by atoms with Gasteiger partial charge in [-0.25, -0.2) is 4.39 Å². The van der Waals surface area contributed by atoms with Gasteiger partial charge in [0.1, 0.15) is 11.6 Å². The molecule has 3 rings (SSSR count). The predicted octanol–water partition coefficient (Wildman–Crippen LogP) is 2.21. The molecule has 22 heavy (non-hydrogen) atoms. The number of ether oxygens (including phenoxy) is 1. The van der Waals surface area contributed by atoms with Gasteiger partial charge in [-0.15, -0.1) is 0 Å². The van der Waals surface area contributed by atoms with Crippen molar-refractivity contribution in [3.63, 3.8) is 0 Å². The lowest BCUT2D eigenvalue weighted by molar-refractivity contribution is -0.134. The number of carbonyl (C=O) groups excluding carboxylic acids is 1. The summed E-state index contributed by atoms with van der Waals surface area (Å²) in [4.78, 5) is 13.9. The summed E-state index contributed by atoms with van der Waals surface area (Å²) < 4.78 is 18.4. The largest absolute Gasteiger partial charge is 0.484 e. The minimum Gasteiger partial charge on any atom is -0.484 e. The number of halogens is 1. The molecule has 1 heterocycles. The maximum absolute atomic E-state index is 13.1. The lowest BCUT2D eigenvalue weighted by atomic mass is 9.69. The predicted molar refractivity (Wildman–Crippen MR) is 79.9 cm³/mol. The molecule has 1 aromatic carbocycles. The summed E-state index contributed by atoms with van der Waals surface area (Å²) in [5.41, 5.74) is -0.757. The first kappa shape index (κ1) is 15.3. The molecule has 1 aromatic rings. The summed E-state index contributed by atoms with van der Waals surface area (Å²) in [6.45, 7) is 2.80. The van der Waals surface area contributed by atoms with E-state index >= 15 is 0 Å². The Balaban J connectivity index is 1.57. The molecule has 2 fully saturated rings. The summed E-state index contributed by atoms with van der Waals surface area (Å²) in [6.07, 6.45) is 3.25. The second-order valence-electron chi connectivity index (χ2n) is 6.54. The molecule has 0 radical (unpaired) electrons.